The third-order valence-electron chi connectivity index (χ3n) is 5.12. The number of amides is 1. The van der Waals surface area contributed by atoms with Crippen LogP contribution in [0.5, 0.6) is 0 Å². The lowest BCUT2D eigenvalue weighted by Gasteiger charge is -2.40. The van der Waals surface area contributed by atoms with E-state index in [1.165, 1.54) is 6.07 Å². The van der Waals surface area contributed by atoms with Crippen LogP contribution in [0.1, 0.15) is 38.8 Å². The molecule has 0 N–H and O–H groups in total. The Morgan fingerprint density at radius 1 is 1.12 bits per heavy atom. The van der Waals surface area contributed by atoms with Crippen LogP contribution in [0.3, 0.4) is 0 Å². The molecule has 1 heterocycles. The van der Waals surface area contributed by atoms with Gasteiger partial charge in [-0.3, -0.25) is 4.79 Å². The molecule has 1 aliphatic heterocycles. The molecule has 3 rings (SSSR count). The van der Waals surface area contributed by atoms with Crippen LogP contribution in [0.2, 0.25) is 0 Å². The number of carbonyl (C=O) groups excluding carboxylic acids is 1. The van der Waals surface area contributed by atoms with Crippen molar-refractivity contribution in [2.75, 3.05) is 0 Å². The molecule has 0 fully saturated rings. The van der Waals surface area contributed by atoms with Crippen LogP contribution in [0.25, 0.3) is 5.57 Å². The quantitative estimate of drug-likeness (QED) is 0.661. The lowest BCUT2D eigenvalue weighted by molar-refractivity contribution is -0.130. The topological polar surface area (TPSA) is 20.3 Å². The third-order valence-corrected chi connectivity index (χ3v) is 5.61. The zero-order valence-corrected chi connectivity index (χ0v) is 16.4. The lowest BCUT2D eigenvalue weighted by atomic mass is 9.91. The Labute approximate surface area is 156 Å². The summed E-state index contributed by atoms with van der Waals surface area (Å²) in [6, 6.07) is 14.3. The van der Waals surface area contributed by atoms with Gasteiger partial charge in [0, 0.05) is 10.0 Å². The van der Waals surface area contributed by atoms with Crippen molar-refractivity contribution in [3.05, 3.63) is 75.5 Å². The fraction of sp³-hybridized carbons (Fsp3) is 0.286. The highest BCUT2D eigenvalue weighted by Gasteiger charge is 2.44. The van der Waals surface area contributed by atoms with Crippen molar-refractivity contribution >= 4 is 27.4 Å². The fourth-order valence-electron chi connectivity index (χ4n) is 3.61. The Morgan fingerprint density at radius 3 is 2.44 bits per heavy atom. The minimum absolute atomic E-state index is 0.101. The van der Waals surface area contributed by atoms with Gasteiger partial charge in [-0.2, -0.15) is 0 Å². The van der Waals surface area contributed by atoms with Crippen molar-refractivity contribution < 1.29 is 9.18 Å². The van der Waals surface area contributed by atoms with E-state index in [4.69, 9.17) is 0 Å². The van der Waals surface area contributed by atoms with E-state index in [1.807, 2.05) is 56.9 Å². The number of hydrogen-bond acceptors (Lipinski definition) is 1. The maximum absolute atomic E-state index is 14.3. The smallest absolute Gasteiger partial charge is 0.255 e. The van der Waals surface area contributed by atoms with E-state index in [1.54, 1.807) is 18.2 Å². The first-order valence-electron chi connectivity index (χ1n) is 8.30. The fourth-order valence-corrected chi connectivity index (χ4v) is 4.00. The normalized spacial score (nSPS) is 18.2. The van der Waals surface area contributed by atoms with Crippen LogP contribution in [0.4, 0.5) is 4.39 Å². The number of benzene rings is 2. The molecule has 1 atom stereocenters. The van der Waals surface area contributed by atoms with Gasteiger partial charge in [-0.1, -0.05) is 46.3 Å². The summed E-state index contributed by atoms with van der Waals surface area (Å²) in [4.78, 5) is 15.1. The van der Waals surface area contributed by atoms with Crippen molar-refractivity contribution in [3.8, 4) is 0 Å². The molecule has 2 aromatic rings. The van der Waals surface area contributed by atoms with E-state index in [-0.39, 0.29) is 17.8 Å². The van der Waals surface area contributed by atoms with Gasteiger partial charge in [-0.15, -0.1) is 0 Å². The van der Waals surface area contributed by atoms with Gasteiger partial charge in [-0.25, -0.2) is 4.39 Å². The van der Waals surface area contributed by atoms with Crippen molar-refractivity contribution in [1.82, 2.24) is 4.90 Å². The van der Waals surface area contributed by atoms with E-state index < -0.39 is 5.54 Å². The Morgan fingerprint density at radius 2 is 1.80 bits per heavy atom. The molecule has 130 valence electrons. The van der Waals surface area contributed by atoms with E-state index in [0.717, 1.165) is 15.6 Å². The molecule has 2 aromatic carbocycles. The van der Waals surface area contributed by atoms with Crippen molar-refractivity contribution in [2.24, 2.45) is 0 Å². The third kappa shape index (κ3) is 2.93. The van der Waals surface area contributed by atoms with Crippen LogP contribution in [0, 0.1) is 5.82 Å². The van der Waals surface area contributed by atoms with Crippen molar-refractivity contribution in [2.45, 2.75) is 39.3 Å². The minimum Gasteiger partial charge on any atom is -0.323 e. The van der Waals surface area contributed by atoms with Gasteiger partial charge >= 0.3 is 0 Å². The SMILES string of the molecule is CC1=C(c2ccccc2F)C(=O)N(C(C)(C)c2cccc(Br)c2)C1C. The molecule has 1 unspecified atom stereocenters. The van der Waals surface area contributed by atoms with Gasteiger partial charge in [-0.05, 0) is 57.0 Å². The summed E-state index contributed by atoms with van der Waals surface area (Å²) >= 11 is 3.50. The van der Waals surface area contributed by atoms with Gasteiger partial charge < -0.3 is 4.90 Å². The highest BCUT2D eigenvalue weighted by Crippen LogP contribution is 2.41. The standard InChI is InChI=1S/C21H21BrFNO/c1-13-14(2)24(21(3,4)15-8-7-9-16(22)12-15)20(25)19(13)17-10-5-6-11-18(17)23/h5-12,14H,1-4H3. The summed E-state index contributed by atoms with van der Waals surface area (Å²) in [6.45, 7) is 7.98. The Balaban J connectivity index is 2.07. The first-order chi connectivity index (χ1) is 11.7. The van der Waals surface area contributed by atoms with Gasteiger partial charge in [0.05, 0.1) is 17.2 Å². The summed E-state index contributed by atoms with van der Waals surface area (Å²) in [5.41, 5.74) is 2.27. The van der Waals surface area contributed by atoms with E-state index in [9.17, 15) is 9.18 Å². The molecule has 1 amide bonds. The summed E-state index contributed by atoms with van der Waals surface area (Å²) in [7, 11) is 0. The summed E-state index contributed by atoms with van der Waals surface area (Å²) in [5.74, 6) is -0.486. The highest BCUT2D eigenvalue weighted by molar-refractivity contribution is 9.10. The minimum atomic E-state index is -0.519. The van der Waals surface area contributed by atoms with Gasteiger partial charge in [0.25, 0.3) is 5.91 Å². The van der Waals surface area contributed by atoms with Crippen LogP contribution in [-0.4, -0.2) is 16.8 Å². The van der Waals surface area contributed by atoms with E-state index >= 15 is 0 Å². The Hall–Kier alpha value is -1.94. The molecule has 25 heavy (non-hydrogen) atoms. The predicted octanol–water partition coefficient (Wildman–Crippen LogP) is 5.53. The highest BCUT2D eigenvalue weighted by atomic mass is 79.9. The van der Waals surface area contributed by atoms with Crippen LogP contribution < -0.4 is 0 Å². The maximum atomic E-state index is 14.3. The molecular weight excluding hydrogens is 381 g/mol. The van der Waals surface area contributed by atoms with Crippen molar-refractivity contribution in [1.29, 1.82) is 0 Å². The zero-order valence-electron chi connectivity index (χ0n) is 14.8. The molecule has 0 bridgehead atoms. The first-order valence-corrected chi connectivity index (χ1v) is 9.10. The largest absolute Gasteiger partial charge is 0.323 e. The van der Waals surface area contributed by atoms with Crippen molar-refractivity contribution in [3.63, 3.8) is 0 Å². The number of halogens is 2. The second-order valence-electron chi connectivity index (χ2n) is 6.96. The number of rotatable bonds is 3. The molecule has 0 aromatic heterocycles. The molecule has 0 radical (unpaired) electrons. The average molecular weight is 402 g/mol. The zero-order chi connectivity index (χ0) is 18.4. The van der Waals surface area contributed by atoms with Gasteiger partial charge in [0.2, 0.25) is 0 Å². The lowest BCUT2D eigenvalue weighted by Crippen LogP contribution is -2.47. The second kappa shape index (κ2) is 6.41. The molecule has 2 nitrogen and oxygen atoms in total. The number of hydrogen-bond donors (Lipinski definition) is 0. The molecular formula is C21H21BrFNO. The van der Waals surface area contributed by atoms with Crippen LogP contribution in [0.15, 0.2) is 58.6 Å². The molecule has 0 aliphatic carbocycles. The molecule has 0 spiro atoms. The monoisotopic (exact) mass is 401 g/mol. The molecule has 0 saturated carbocycles. The molecule has 4 heteroatoms. The Bertz CT molecular complexity index is 872. The maximum Gasteiger partial charge on any atom is 0.255 e. The van der Waals surface area contributed by atoms with Crippen LogP contribution in [-0.2, 0) is 10.3 Å². The van der Waals surface area contributed by atoms with E-state index in [0.29, 0.717) is 11.1 Å². The molecule has 0 saturated heterocycles. The predicted molar refractivity (Wildman–Crippen MR) is 102 cm³/mol. The first kappa shape index (κ1) is 17.9. The number of nitrogens with zero attached hydrogens (tertiary/aromatic N) is 1. The Kier molecular flexibility index (Phi) is 4.58. The average Bonchev–Trinajstić information content (AvgIpc) is 2.78. The second-order valence-corrected chi connectivity index (χ2v) is 7.87. The van der Waals surface area contributed by atoms with E-state index in [2.05, 4.69) is 15.9 Å². The molecule has 1 aliphatic rings. The van der Waals surface area contributed by atoms with Crippen LogP contribution >= 0.6 is 15.9 Å². The summed E-state index contributed by atoms with van der Waals surface area (Å²) < 4.78 is 15.3. The summed E-state index contributed by atoms with van der Waals surface area (Å²) in [5, 5.41) is 0. The number of carbonyl (C=O) groups is 1. The summed E-state index contributed by atoms with van der Waals surface area (Å²) in [6.07, 6.45) is 0. The van der Waals surface area contributed by atoms with Gasteiger partial charge in [0.15, 0.2) is 0 Å². The van der Waals surface area contributed by atoms with Gasteiger partial charge in [0.1, 0.15) is 5.82 Å².